The Hall–Kier alpha value is -1.59. The van der Waals surface area contributed by atoms with Crippen LogP contribution in [-0.2, 0) is 11.2 Å². The van der Waals surface area contributed by atoms with Gasteiger partial charge in [-0.1, -0.05) is 74.4 Å². The number of nitrogens with zero attached hydrogens (tertiary/aromatic N) is 1. The van der Waals surface area contributed by atoms with Crippen molar-refractivity contribution < 1.29 is 9.59 Å². The molecule has 1 aromatic heterocycles. The van der Waals surface area contributed by atoms with Gasteiger partial charge in [-0.2, -0.15) is 0 Å². The number of halogens is 2. The average Bonchev–Trinajstić information content (AvgIpc) is 2.65. The average molecular weight is 475 g/mol. The quantitative estimate of drug-likeness (QED) is 0.448. The van der Waals surface area contributed by atoms with Gasteiger partial charge in [0.15, 0.2) is 11.6 Å². The number of carbonyl (C=O) groups excluding carboxylic acids is 2. The van der Waals surface area contributed by atoms with Crippen LogP contribution >= 0.6 is 31.9 Å². The summed E-state index contributed by atoms with van der Waals surface area (Å²) in [5.41, 5.74) is 4.29. The molecule has 0 saturated heterocycles. The molecular weight excluding hydrogens is 458 g/mol. The smallest absolute Gasteiger partial charge is 0.195 e. The van der Waals surface area contributed by atoms with Crippen molar-refractivity contribution in [3.05, 3.63) is 76.7 Å². The van der Waals surface area contributed by atoms with Crippen molar-refractivity contribution in [2.24, 2.45) is 5.92 Å². The maximum atomic E-state index is 12.4. The summed E-state index contributed by atoms with van der Waals surface area (Å²) < 4.78 is 0. The van der Waals surface area contributed by atoms with Gasteiger partial charge in [-0.05, 0) is 23.6 Å². The predicted molar refractivity (Wildman–Crippen MR) is 109 cm³/mol. The fourth-order valence-electron chi connectivity index (χ4n) is 3.63. The first-order valence-electron chi connectivity index (χ1n) is 8.65. The Bertz CT molecular complexity index is 911. The molecule has 3 aliphatic rings. The Kier molecular flexibility index (Phi) is 4.93. The van der Waals surface area contributed by atoms with Crippen LogP contribution in [0.25, 0.3) is 0 Å². The Labute approximate surface area is 169 Å². The van der Waals surface area contributed by atoms with E-state index in [0.717, 1.165) is 23.3 Å². The highest BCUT2D eigenvalue weighted by molar-refractivity contribution is 9.10. The summed E-state index contributed by atoms with van der Waals surface area (Å²) in [4.78, 5) is 29.3. The molecule has 0 amide bonds. The number of alkyl halides is 2. The Balaban J connectivity index is 1.62. The molecule has 132 valence electrons. The van der Waals surface area contributed by atoms with E-state index in [-0.39, 0.29) is 27.1 Å². The van der Waals surface area contributed by atoms with Crippen molar-refractivity contribution in [3.8, 4) is 0 Å². The van der Waals surface area contributed by atoms with Crippen LogP contribution in [0.1, 0.15) is 39.4 Å². The Morgan fingerprint density at radius 2 is 2.00 bits per heavy atom. The lowest BCUT2D eigenvalue weighted by Gasteiger charge is -2.24. The molecule has 3 unspecified atom stereocenters. The van der Waals surface area contributed by atoms with Crippen molar-refractivity contribution in [1.29, 1.82) is 0 Å². The fraction of sp³-hybridized carbons (Fsp3) is 0.286. The zero-order valence-electron chi connectivity index (χ0n) is 14.0. The van der Waals surface area contributed by atoms with Crippen LogP contribution in [0.5, 0.6) is 0 Å². The van der Waals surface area contributed by atoms with E-state index in [9.17, 15) is 9.59 Å². The lowest BCUT2D eigenvalue weighted by Crippen LogP contribution is -2.25. The fourth-order valence-corrected chi connectivity index (χ4v) is 5.47. The first-order valence-corrected chi connectivity index (χ1v) is 10.5. The normalized spacial score (nSPS) is 28.8. The molecular formula is C21H17Br2NO2. The third-order valence-corrected chi connectivity index (χ3v) is 6.68. The topological polar surface area (TPSA) is 47.0 Å². The van der Waals surface area contributed by atoms with Gasteiger partial charge >= 0.3 is 0 Å². The highest BCUT2D eigenvalue weighted by atomic mass is 79.9. The molecule has 0 spiro atoms. The zero-order chi connectivity index (χ0) is 18.3. The lowest BCUT2D eigenvalue weighted by molar-refractivity contribution is -0.115. The number of carbonyl (C=O) groups is 2. The molecule has 0 bridgehead atoms. The minimum Gasteiger partial charge on any atom is -0.294 e. The van der Waals surface area contributed by atoms with E-state index in [2.05, 4.69) is 49.0 Å². The number of fused-ring (bicyclic) bond motifs is 2. The molecule has 3 nitrogen and oxygen atoms in total. The van der Waals surface area contributed by atoms with Crippen LogP contribution in [0.15, 0.2) is 59.7 Å². The maximum absolute atomic E-state index is 12.4. The number of pyridine rings is 1. The van der Waals surface area contributed by atoms with Crippen molar-refractivity contribution in [2.45, 2.75) is 28.9 Å². The molecule has 4 rings (SSSR count). The summed E-state index contributed by atoms with van der Waals surface area (Å²) in [6.45, 7) is 0. The van der Waals surface area contributed by atoms with E-state index in [1.807, 2.05) is 36.4 Å². The number of Topliss-reactive ketones (excluding diaryl/α,β-unsaturated/α-hetero) is 2. The molecule has 3 aliphatic carbocycles. The van der Waals surface area contributed by atoms with Crippen LogP contribution in [-0.4, -0.2) is 21.4 Å². The molecule has 3 atom stereocenters. The SMILES string of the molecule is O=C1CC=C2C=CC=CC2C1=CCc1ccc2c(n1)C(=O)C(Br)CC2Br. The van der Waals surface area contributed by atoms with Crippen LogP contribution in [0.4, 0.5) is 0 Å². The number of aromatic nitrogens is 1. The van der Waals surface area contributed by atoms with E-state index in [1.165, 1.54) is 5.57 Å². The van der Waals surface area contributed by atoms with E-state index in [1.54, 1.807) is 0 Å². The predicted octanol–water partition coefficient (Wildman–Crippen LogP) is 4.98. The van der Waals surface area contributed by atoms with Gasteiger partial charge in [0.05, 0.1) is 4.83 Å². The number of rotatable bonds is 2. The van der Waals surface area contributed by atoms with Gasteiger partial charge in [0.2, 0.25) is 0 Å². The van der Waals surface area contributed by atoms with Gasteiger partial charge in [-0.25, -0.2) is 4.98 Å². The molecule has 0 saturated carbocycles. The monoisotopic (exact) mass is 473 g/mol. The minimum absolute atomic E-state index is 0.0320. The summed E-state index contributed by atoms with van der Waals surface area (Å²) >= 11 is 7.07. The third kappa shape index (κ3) is 3.23. The summed E-state index contributed by atoms with van der Waals surface area (Å²) in [6, 6.07) is 3.93. The van der Waals surface area contributed by atoms with Gasteiger partial charge in [-0.15, -0.1) is 0 Å². The minimum atomic E-state index is -0.202. The molecule has 1 heterocycles. The van der Waals surface area contributed by atoms with Crippen molar-refractivity contribution in [3.63, 3.8) is 0 Å². The first-order chi connectivity index (χ1) is 12.5. The van der Waals surface area contributed by atoms with Crippen molar-refractivity contribution >= 4 is 43.4 Å². The third-order valence-electron chi connectivity index (χ3n) is 5.03. The molecule has 26 heavy (non-hydrogen) atoms. The van der Waals surface area contributed by atoms with Crippen molar-refractivity contribution in [2.75, 3.05) is 0 Å². The number of allylic oxidation sites excluding steroid dienone is 8. The van der Waals surface area contributed by atoms with Gasteiger partial charge < -0.3 is 0 Å². The summed E-state index contributed by atoms with van der Waals surface area (Å²) in [6.07, 6.45) is 13.8. The number of hydrogen-bond donors (Lipinski definition) is 0. The van der Waals surface area contributed by atoms with Gasteiger partial charge in [0.1, 0.15) is 5.69 Å². The Morgan fingerprint density at radius 3 is 2.85 bits per heavy atom. The van der Waals surface area contributed by atoms with Crippen LogP contribution < -0.4 is 0 Å². The van der Waals surface area contributed by atoms with Gasteiger partial charge in [-0.3, -0.25) is 9.59 Å². The van der Waals surface area contributed by atoms with Crippen LogP contribution in [0, 0.1) is 5.92 Å². The molecule has 5 heteroatoms. The van der Waals surface area contributed by atoms with E-state index in [4.69, 9.17) is 0 Å². The maximum Gasteiger partial charge on any atom is 0.195 e. The van der Waals surface area contributed by atoms with E-state index < -0.39 is 0 Å². The van der Waals surface area contributed by atoms with Gasteiger partial charge in [0.25, 0.3) is 0 Å². The number of ketones is 2. The highest BCUT2D eigenvalue weighted by Crippen LogP contribution is 2.38. The second-order valence-electron chi connectivity index (χ2n) is 6.69. The number of hydrogen-bond acceptors (Lipinski definition) is 3. The molecule has 0 aliphatic heterocycles. The largest absolute Gasteiger partial charge is 0.294 e. The second kappa shape index (κ2) is 7.20. The summed E-state index contributed by atoms with van der Waals surface area (Å²) in [5.74, 6) is 0.234. The zero-order valence-corrected chi connectivity index (χ0v) is 17.2. The summed E-state index contributed by atoms with van der Waals surface area (Å²) in [7, 11) is 0. The molecule has 0 aromatic carbocycles. The molecule has 0 N–H and O–H groups in total. The first kappa shape index (κ1) is 17.8. The molecule has 1 aromatic rings. The van der Waals surface area contributed by atoms with Crippen LogP contribution in [0.3, 0.4) is 0 Å². The van der Waals surface area contributed by atoms with E-state index >= 15 is 0 Å². The lowest BCUT2D eigenvalue weighted by atomic mass is 9.79. The van der Waals surface area contributed by atoms with Gasteiger partial charge in [0, 0.05) is 34.9 Å². The van der Waals surface area contributed by atoms with Crippen molar-refractivity contribution in [1.82, 2.24) is 4.98 Å². The molecule has 0 radical (unpaired) electrons. The summed E-state index contributed by atoms with van der Waals surface area (Å²) in [5, 5.41) is 0. The Morgan fingerprint density at radius 1 is 1.15 bits per heavy atom. The highest BCUT2D eigenvalue weighted by Gasteiger charge is 2.32. The van der Waals surface area contributed by atoms with Crippen LogP contribution in [0.2, 0.25) is 0 Å². The van der Waals surface area contributed by atoms with E-state index in [0.29, 0.717) is 18.5 Å². The molecule has 0 fully saturated rings. The second-order valence-corrected chi connectivity index (χ2v) is 8.90. The standard InChI is InChI=1S/C21H17Br2NO2/c22-17-11-18(23)21(26)20-16(17)9-7-13(24-20)6-8-15-14-4-2-1-3-12(14)5-10-19(15)25/h1-5,7-9,14,17-18H,6,10-11H2.